The molecular formula is C12H22N4O. The van der Waals surface area contributed by atoms with Crippen LogP contribution >= 0.6 is 0 Å². The molecule has 5 heteroatoms. The quantitative estimate of drug-likeness (QED) is 0.825. The molecule has 0 unspecified atom stereocenters. The van der Waals surface area contributed by atoms with Crippen LogP contribution in [0.25, 0.3) is 0 Å². The topological polar surface area (TPSA) is 54.2 Å². The van der Waals surface area contributed by atoms with E-state index >= 15 is 0 Å². The standard InChI is InChI=1S/C12H22N4O/c1-10(2)15(7-8-17)9-12-14-13-11-5-3-4-6-16(11)12/h10,17H,3-9H2,1-2H3. The zero-order chi connectivity index (χ0) is 12.3. The minimum atomic E-state index is 0.194. The lowest BCUT2D eigenvalue weighted by Gasteiger charge is -2.25. The van der Waals surface area contributed by atoms with Crippen molar-refractivity contribution in [1.29, 1.82) is 0 Å². The Bertz CT molecular complexity index is 361. The maximum absolute atomic E-state index is 9.07. The van der Waals surface area contributed by atoms with Crippen molar-refractivity contribution in [2.45, 2.75) is 52.2 Å². The number of aromatic nitrogens is 3. The summed E-state index contributed by atoms with van der Waals surface area (Å²) in [4.78, 5) is 2.23. The third-order valence-electron chi connectivity index (χ3n) is 3.40. The number of fused-ring (bicyclic) bond motifs is 1. The van der Waals surface area contributed by atoms with Gasteiger partial charge in [0.15, 0.2) is 0 Å². The Kier molecular flexibility index (Phi) is 4.12. The van der Waals surface area contributed by atoms with Gasteiger partial charge in [-0.3, -0.25) is 4.90 Å². The van der Waals surface area contributed by atoms with Crippen molar-refractivity contribution in [1.82, 2.24) is 19.7 Å². The summed E-state index contributed by atoms with van der Waals surface area (Å²) >= 11 is 0. The van der Waals surface area contributed by atoms with Crippen molar-refractivity contribution in [3.05, 3.63) is 11.6 Å². The summed E-state index contributed by atoms with van der Waals surface area (Å²) in [6, 6.07) is 0.415. The number of nitrogens with zero attached hydrogens (tertiary/aromatic N) is 4. The minimum absolute atomic E-state index is 0.194. The van der Waals surface area contributed by atoms with Crippen molar-refractivity contribution in [2.75, 3.05) is 13.2 Å². The van der Waals surface area contributed by atoms with Crippen molar-refractivity contribution < 1.29 is 5.11 Å². The van der Waals surface area contributed by atoms with E-state index in [-0.39, 0.29) is 6.61 Å². The van der Waals surface area contributed by atoms with E-state index in [1.807, 2.05) is 0 Å². The number of aliphatic hydroxyl groups excluding tert-OH is 1. The minimum Gasteiger partial charge on any atom is -0.395 e. The third kappa shape index (κ3) is 2.84. The van der Waals surface area contributed by atoms with E-state index in [9.17, 15) is 0 Å². The summed E-state index contributed by atoms with van der Waals surface area (Å²) in [7, 11) is 0. The lowest BCUT2D eigenvalue weighted by atomic mass is 10.1. The molecule has 0 amide bonds. The van der Waals surface area contributed by atoms with Crippen LogP contribution in [0.2, 0.25) is 0 Å². The van der Waals surface area contributed by atoms with E-state index in [2.05, 4.69) is 33.5 Å². The smallest absolute Gasteiger partial charge is 0.147 e. The SMILES string of the molecule is CC(C)N(CCO)Cc1nnc2n1CCCC2. The molecule has 96 valence electrons. The third-order valence-corrected chi connectivity index (χ3v) is 3.40. The van der Waals surface area contributed by atoms with E-state index in [1.165, 1.54) is 12.8 Å². The highest BCUT2D eigenvalue weighted by atomic mass is 16.3. The van der Waals surface area contributed by atoms with Crippen LogP contribution in [0.5, 0.6) is 0 Å². The fourth-order valence-corrected chi connectivity index (χ4v) is 2.32. The Balaban J connectivity index is 2.09. The molecular weight excluding hydrogens is 216 g/mol. The molecule has 2 rings (SSSR count). The highest BCUT2D eigenvalue weighted by Crippen LogP contribution is 2.16. The summed E-state index contributed by atoms with van der Waals surface area (Å²) < 4.78 is 2.25. The molecule has 1 N–H and O–H groups in total. The Morgan fingerprint density at radius 2 is 2.18 bits per heavy atom. The molecule has 0 saturated heterocycles. The number of hydrogen-bond acceptors (Lipinski definition) is 4. The molecule has 0 radical (unpaired) electrons. The second-order valence-electron chi connectivity index (χ2n) is 4.93. The van der Waals surface area contributed by atoms with Gasteiger partial charge in [-0.1, -0.05) is 0 Å². The molecule has 2 heterocycles. The van der Waals surface area contributed by atoms with Crippen molar-refractivity contribution in [2.24, 2.45) is 0 Å². The van der Waals surface area contributed by atoms with Crippen LogP contribution < -0.4 is 0 Å². The number of aliphatic hydroxyl groups is 1. The average Bonchev–Trinajstić information content (AvgIpc) is 2.72. The molecule has 0 aliphatic carbocycles. The van der Waals surface area contributed by atoms with E-state index in [1.54, 1.807) is 0 Å². The van der Waals surface area contributed by atoms with Crippen LogP contribution in [0.4, 0.5) is 0 Å². The predicted molar refractivity (Wildman–Crippen MR) is 65.6 cm³/mol. The maximum Gasteiger partial charge on any atom is 0.147 e. The van der Waals surface area contributed by atoms with Crippen LogP contribution in [0.15, 0.2) is 0 Å². The number of aryl methyl sites for hydroxylation is 1. The first kappa shape index (κ1) is 12.5. The number of rotatable bonds is 5. The fraction of sp³-hybridized carbons (Fsp3) is 0.833. The molecule has 17 heavy (non-hydrogen) atoms. The molecule has 0 fully saturated rings. The van der Waals surface area contributed by atoms with Gasteiger partial charge in [0.05, 0.1) is 13.2 Å². The highest BCUT2D eigenvalue weighted by Gasteiger charge is 2.18. The van der Waals surface area contributed by atoms with Gasteiger partial charge in [-0.25, -0.2) is 0 Å². The first-order valence-corrected chi connectivity index (χ1v) is 6.48. The molecule has 1 aliphatic rings. The van der Waals surface area contributed by atoms with E-state index in [0.717, 1.165) is 31.2 Å². The second kappa shape index (κ2) is 5.60. The summed E-state index contributed by atoms with van der Waals surface area (Å²) in [6.45, 7) is 7.00. The van der Waals surface area contributed by atoms with Gasteiger partial charge in [0.1, 0.15) is 11.6 Å². The van der Waals surface area contributed by atoms with E-state index in [0.29, 0.717) is 12.6 Å². The molecule has 0 bridgehead atoms. The number of hydrogen-bond donors (Lipinski definition) is 1. The summed E-state index contributed by atoms with van der Waals surface area (Å²) in [6.07, 6.45) is 3.50. The normalized spacial score (nSPS) is 15.6. The van der Waals surface area contributed by atoms with Crippen molar-refractivity contribution in [3.8, 4) is 0 Å². The van der Waals surface area contributed by atoms with Crippen LogP contribution in [-0.2, 0) is 19.5 Å². The van der Waals surface area contributed by atoms with Gasteiger partial charge in [-0.15, -0.1) is 10.2 Å². The second-order valence-corrected chi connectivity index (χ2v) is 4.93. The van der Waals surface area contributed by atoms with Gasteiger partial charge < -0.3 is 9.67 Å². The Morgan fingerprint density at radius 1 is 1.35 bits per heavy atom. The fourth-order valence-electron chi connectivity index (χ4n) is 2.32. The Morgan fingerprint density at radius 3 is 2.88 bits per heavy atom. The van der Waals surface area contributed by atoms with Gasteiger partial charge in [-0.05, 0) is 26.7 Å². The summed E-state index contributed by atoms with van der Waals surface area (Å²) in [5.74, 6) is 2.17. The first-order valence-electron chi connectivity index (χ1n) is 6.48. The zero-order valence-corrected chi connectivity index (χ0v) is 10.8. The van der Waals surface area contributed by atoms with Crippen molar-refractivity contribution >= 4 is 0 Å². The molecule has 0 spiro atoms. The summed E-state index contributed by atoms with van der Waals surface area (Å²) in [5, 5.41) is 17.6. The Labute approximate surface area is 102 Å². The summed E-state index contributed by atoms with van der Waals surface area (Å²) in [5.41, 5.74) is 0. The van der Waals surface area contributed by atoms with Gasteiger partial charge >= 0.3 is 0 Å². The first-order chi connectivity index (χ1) is 8.22. The lowest BCUT2D eigenvalue weighted by Crippen LogP contribution is -2.34. The average molecular weight is 238 g/mol. The molecule has 0 aromatic carbocycles. The van der Waals surface area contributed by atoms with Crippen LogP contribution in [0, 0.1) is 0 Å². The molecule has 1 aromatic heterocycles. The zero-order valence-electron chi connectivity index (χ0n) is 10.8. The van der Waals surface area contributed by atoms with Gasteiger partial charge in [0.2, 0.25) is 0 Å². The van der Waals surface area contributed by atoms with Crippen molar-refractivity contribution in [3.63, 3.8) is 0 Å². The van der Waals surface area contributed by atoms with Crippen LogP contribution in [-0.4, -0.2) is 44.0 Å². The lowest BCUT2D eigenvalue weighted by molar-refractivity contribution is 0.154. The monoisotopic (exact) mass is 238 g/mol. The van der Waals surface area contributed by atoms with Gasteiger partial charge in [0, 0.05) is 25.6 Å². The predicted octanol–water partition coefficient (Wildman–Crippen LogP) is 0.817. The van der Waals surface area contributed by atoms with Crippen LogP contribution in [0.1, 0.15) is 38.3 Å². The van der Waals surface area contributed by atoms with Crippen LogP contribution in [0.3, 0.4) is 0 Å². The Hall–Kier alpha value is -0.940. The molecule has 1 aromatic rings. The molecule has 0 saturated carbocycles. The van der Waals surface area contributed by atoms with E-state index in [4.69, 9.17) is 5.11 Å². The highest BCUT2D eigenvalue weighted by molar-refractivity contribution is 4.99. The van der Waals surface area contributed by atoms with E-state index < -0.39 is 0 Å². The largest absolute Gasteiger partial charge is 0.395 e. The molecule has 1 aliphatic heterocycles. The molecule has 5 nitrogen and oxygen atoms in total. The maximum atomic E-state index is 9.07. The van der Waals surface area contributed by atoms with Gasteiger partial charge in [-0.2, -0.15) is 0 Å². The van der Waals surface area contributed by atoms with Gasteiger partial charge in [0.25, 0.3) is 0 Å². The molecule has 0 atom stereocenters.